The highest BCUT2D eigenvalue weighted by Gasteiger charge is 2.32. The molecule has 3 rings (SSSR count). The minimum Gasteiger partial charge on any atom is -0.360 e. The van der Waals surface area contributed by atoms with Gasteiger partial charge in [-0.25, -0.2) is 0 Å². The van der Waals surface area contributed by atoms with E-state index in [0.29, 0.717) is 11.3 Å². The van der Waals surface area contributed by atoms with Gasteiger partial charge in [0, 0.05) is 11.3 Å². The minimum atomic E-state index is -4.49. The maximum atomic E-state index is 13.1. The van der Waals surface area contributed by atoms with E-state index in [2.05, 4.69) is 10.5 Å². The topological polar surface area (TPSA) is 55.1 Å². The Balaban J connectivity index is 1.94. The first-order valence-corrected chi connectivity index (χ1v) is 7.78. The molecule has 0 aliphatic heterocycles. The van der Waals surface area contributed by atoms with E-state index in [1.165, 1.54) is 19.1 Å². The number of aromatic nitrogens is 1. The molecule has 1 heterocycles. The maximum absolute atomic E-state index is 13.1. The maximum Gasteiger partial charge on any atom is 0.416 e. The molecule has 0 fully saturated rings. The van der Waals surface area contributed by atoms with Gasteiger partial charge in [-0.3, -0.25) is 4.79 Å². The summed E-state index contributed by atoms with van der Waals surface area (Å²) in [5, 5.41) is 6.40. The number of rotatable bonds is 3. The van der Waals surface area contributed by atoms with Crippen molar-refractivity contribution in [1.82, 2.24) is 5.16 Å². The van der Waals surface area contributed by atoms with Crippen molar-refractivity contribution >= 4 is 11.6 Å². The first-order valence-electron chi connectivity index (χ1n) is 7.78. The third-order valence-corrected chi connectivity index (χ3v) is 3.94. The molecule has 1 aromatic heterocycles. The normalized spacial score (nSPS) is 11.4. The molecule has 0 saturated heterocycles. The Morgan fingerprint density at radius 2 is 1.77 bits per heavy atom. The van der Waals surface area contributed by atoms with Crippen molar-refractivity contribution in [2.24, 2.45) is 0 Å². The molecule has 0 aliphatic carbocycles. The molecule has 1 N–H and O–H groups in total. The van der Waals surface area contributed by atoms with Crippen molar-refractivity contribution in [2.45, 2.75) is 20.0 Å². The number of nitrogens with zero attached hydrogens (tertiary/aromatic N) is 1. The summed E-state index contributed by atoms with van der Waals surface area (Å²) in [5.74, 6) is -0.302. The van der Waals surface area contributed by atoms with Crippen LogP contribution in [0.5, 0.6) is 0 Å². The molecule has 3 aromatic rings. The van der Waals surface area contributed by atoms with Gasteiger partial charge in [0.15, 0.2) is 0 Å². The summed E-state index contributed by atoms with van der Waals surface area (Å²) >= 11 is 0. The fourth-order valence-electron chi connectivity index (χ4n) is 2.63. The number of nitrogens with one attached hydrogen (secondary N) is 1. The zero-order valence-electron chi connectivity index (χ0n) is 14.0. The largest absolute Gasteiger partial charge is 0.416 e. The average Bonchev–Trinajstić information content (AvgIpc) is 2.98. The summed E-state index contributed by atoms with van der Waals surface area (Å²) in [6, 6.07) is 12.6. The lowest BCUT2D eigenvalue weighted by Crippen LogP contribution is -2.15. The third-order valence-electron chi connectivity index (χ3n) is 3.94. The Labute approximate surface area is 147 Å². The van der Waals surface area contributed by atoms with E-state index in [9.17, 15) is 18.0 Å². The van der Waals surface area contributed by atoms with E-state index in [1.54, 1.807) is 31.2 Å². The van der Waals surface area contributed by atoms with Gasteiger partial charge in [0.25, 0.3) is 5.91 Å². The van der Waals surface area contributed by atoms with E-state index in [-0.39, 0.29) is 22.6 Å². The van der Waals surface area contributed by atoms with Gasteiger partial charge < -0.3 is 9.84 Å². The van der Waals surface area contributed by atoms with Gasteiger partial charge in [-0.2, -0.15) is 13.2 Å². The molecule has 1 amide bonds. The van der Waals surface area contributed by atoms with Crippen molar-refractivity contribution in [3.63, 3.8) is 0 Å². The monoisotopic (exact) mass is 360 g/mol. The van der Waals surface area contributed by atoms with Gasteiger partial charge in [-0.05, 0) is 31.5 Å². The van der Waals surface area contributed by atoms with Crippen LogP contribution in [-0.2, 0) is 6.18 Å². The van der Waals surface area contributed by atoms with Crippen molar-refractivity contribution < 1.29 is 22.5 Å². The number of benzene rings is 2. The molecule has 2 aromatic carbocycles. The molecular weight excluding hydrogens is 345 g/mol. The van der Waals surface area contributed by atoms with Crippen LogP contribution in [0.1, 0.15) is 27.2 Å². The van der Waals surface area contributed by atoms with Gasteiger partial charge in [0.1, 0.15) is 17.0 Å². The second-order valence-electron chi connectivity index (χ2n) is 5.81. The molecule has 0 atom stereocenters. The number of hydrogen-bond donors (Lipinski definition) is 1. The van der Waals surface area contributed by atoms with E-state index >= 15 is 0 Å². The number of carbonyl (C=O) groups is 1. The summed E-state index contributed by atoms with van der Waals surface area (Å²) in [6.07, 6.45) is -4.49. The number of anilines is 1. The molecule has 0 radical (unpaired) electrons. The van der Waals surface area contributed by atoms with Crippen LogP contribution in [0.25, 0.3) is 11.3 Å². The van der Waals surface area contributed by atoms with Crippen LogP contribution in [0.15, 0.2) is 53.1 Å². The van der Waals surface area contributed by atoms with Crippen LogP contribution in [0.4, 0.5) is 18.9 Å². The highest BCUT2D eigenvalue weighted by atomic mass is 19.4. The molecule has 0 spiro atoms. The van der Waals surface area contributed by atoms with Gasteiger partial charge in [0.2, 0.25) is 0 Å². The van der Waals surface area contributed by atoms with E-state index < -0.39 is 17.6 Å². The van der Waals surface area contributed by atoms with Gasteiger partial charge in [-0.15, -0.1) is 0 Å². The molecule has 0 saturated carbocycles. The Bertz CT molecular complexity index is 947. The Morgan fingerprint density at radius 1 is 1.08 bits per heavy atom. The van der Waals surface area contributed by atoms with Crippen molar-refractivity contribution in [2.75, 3.05) is 5.32 Å². The molecule has 0 bridgehead atoms. The predicted octanol–water partition coefficient (Wildman–Crippen LogP) is 5.23. The number of carbonyl (C=O) groups excluding carboxylic acids is 1. The average molecular weight is 360 g/mol. The lowest BCUT2D eigenvalue weighted by molar-refractivity contribution is -0.138. The first-order chi connectivity index (χ1) is 12.3. The Hall–Kier alpha value is -3.09. The second kappa shape index (κ2) is 6.67. The SMILES string of the molecule is Cc1ccc(NC(=O)c2c(-c3ccccc3)noc2C)cc1C(F)(F)F. The summed E-state index contributed by atoms with van der Waals surface area (Å²) in [4.78, 5) is 12.6. The Morgan fingerprint density at radius 3 is 2.42 bits per heavy atom. The molecule has 134 valence electrons. The predicted molar refractivity (Wildman–Crippen MR) is 90.8 cm³/mol. The van der Waals surface area contributed by atoms with E-state index in [4.69, 9.17) is 4.52 Å². The minimum absolute atomic E-state index is 0.0486. The van der Waals surface area contributed by atoms with Crippen molar-refractivity contribution in [3.05, 3.63) is 71.0 Å². The fourth-order valence-corrected chi connectivity index (χ4v) is 2.63. The smallest absolute Gasteiger partial charge is 0.360 e. The third kappa shape index (κ3) is 3.46. The molecule has 0 aliphatic rings. The molecule has 26 heavy (non-hydrogen) atoms. The van der Waals surface area contributed by atoms with Crippen LogP contribution in [0, 0.1) is 13.8 Å². The number of aryl methyl sites for hydroxylation is 2. The van der Waals surface area contributed by atoms with E-state index in [1.807, 2.05) is 6.07 Å². The van der Waals surface area contributed by atoms with E-state index in [0.717, 1.165) is 6.07 Å². The van der Waals surface area contributed by atoms with Crippen LogP contribution in [0.2, 0.25) is 0 Å². The standard InChI is InChI=1S/C19H15F3N2O2/c1-11-8-9-14(10-15(11)19(20,21)22)23-18(25)16-12(2)26-24-17(16)13-6-4-3-5-7-13/h3-10H,1-2H3,(H,23,25). The van der Waals surface area contributed by atoms with Crippen LogP contribution in [0.3, 0.4) is 0 Å². The molecule has 4 nitrogen and oxygen atoms in total. The van der Waals surface area contributed by atoms with Crippen molar-refractivity contribution in [1.29, 1.82) is 0 Å². The van der Waals surface area contributed by atoms with Gasteiger partial charge in [-0.1, -0.05) is 41.6 Å². The van der Waals surface area contributed by atoms with Crippen LogP contribution < -0.4 is 5.32 Å². The summed E-state index contributed by atoms with van der Waals surface area (Å²) in [5.41, 5.74) is 0.540. The summed E-state index contributed by atoms with van der Waals surface area (Å²) in [7, 11) is 0. The zero-order chi connectivity index (χ0) is 18.9. The van der Waals surface area contributed by atoms with Crippen molar-refractivity contribution in [3.8, 4) is 11.3 Å². The molecule has 0 unspecified atom stereocenters. The second-order valence-corrected chi connectivity index (χ2v) is 5.81. The number of halogens is 3. The summed E-state index contributed by atoms with van der Waals surface area (Å²) in [6.45, 7) is 2.94. The van der Waals surface area contributed by atoms with Crippen LogP contribution >= 0.6 is 0 Å². The fraction of sp³-hybridized carbons (Fsp3) is 0.158. The zero-order valence-corrected chi connectivity index (χ0v) is 14.0. The highest BCUT2D eigenvalue weighted by molar-refractivity contribution is 6.08. The van der Waals surface area contributed by atoms with Gasteiger partial charge in [0.05, 0.1) is 5.56 Å². The lowest BCUT2D eigenvalue weighted by atomic mass is 10.0. The quantitative estimate of drug-likeness (QED) is 0.696. The van der Waals surface area contributed by atoms with Crippen LogP contribution in [-0.4, -0.2) is 11.1 Å². The lowest BCUT2D eigenvalue weighted by Gasteiger charge is -2.13. The highest BCUT2D eigenvalue weighted by Crippen LogP contribution is 2.34. The number of amides is 1. The molecule has 7 heteroatoms. The number of hydrogen-bond acceptors (Lipinski definition) is 3. The van der Waals surface area contributed by atoms with Gasteiger partial charge >= 0.3 is 6.18 Å². The summed E-state index contributed by atoms with van der Waals surface area (Å²) < 4.78 is 44.3. The first kappa shape index (κ1) is 17.7. The molecular formula is C19H15F3N2O2. The Kier molecular flexibility index (Phi) is 4.54. The number of alkyl halides is 3.